The van der Waals surface area contributed by atoms with E-state index in [1.807, 2.05) is 29.1 Å². The van der Waals surface area contributed by atoms with Crippen molar-refractivity contribution in [3.05, 3.63) is 53.9 Å². The summed E-state index contributed by atoms with van der Waals surface area (Å²) in [6.07, 6.45) is 4.75. The predicted octanol–water partition coefficient (Wildman–Crippen LogP) is 2.20. The van der Waals surface area contributed by atoms with Crippen molar-refractivity contribution in [1.29, 1.82) is 0 Å². The third-order valence-electron chi connectivity index (χ3n) is 3.91. The van der Waals surface area contributed by atoms with Crippen LogP contribution >= 0.6 is 0 Å². The molecule has 1 aromatic carbocycles. The number of benzene rings is 1. The van der Waals surface area contributed by atoms with Gasteiger partial charge in [0.1, 0.15) is 0 Å². The van der Waals surface area contributed by atoms with Crippen LogP contribution in [0.2, 0.25) is 0 Å². The fourth-order valence-corrected chi connectivity index (χ4v) is 2.45. The molecule has 0 aliphatic heterocycles. The lowest BCUT2D eigenvalue weighted by Crippen LogP contribution is -2.25. The van der Waals surface area contributed by atoms with Crippen molar-refractivity contribution in [3.8, 4) is 0 Å². The van der Waals surface area contributed by atoms with Gasteiger partial charge < -0.3 is 5.32 Å². The lowest BCUT2D eigenvalue weighted by atomic mass is 10.1. The van der Waals surface area contributed by atoms with Gasteiger partial charge in [0.05, 0.1) is 6.54 Å². The normalized spacial score (nSPS) is 20.6. The molecule has 1 aliphatic carbocycles. The first-order valence-electron chi connectivity index (χ1n) is 7.06. The molecule has 1 aromatic heterocycles. The van der Waals surface area contributed by atoms with Crippen LogP contribution in [0.4, 0.5) is 0 Å². The molecule has 1 aliphatic rings. The van der Waals surface area contributed by atoms with Crippen molar-refractivity contribution in [2.45, 2.75) is 26.4 Å². The van der Waals surface area contributed by atoms with Gasteiger partial charge >= 0.3 is 0 Å². The van der Waals surface area contributed by atoms with E-state index < -0.39 is 0 Å². The average molecular weight is 269 g/mol. The van der Waals surface area contributed by atoms with Crippen LogP contribution in [0.15, 0.2) is 42.7 Å². The highest BCUT2D eigenvalue weighted by Crippen LogP contribution is 2.37. The van der Waals surface area contributed by atoms with Crippen molar-refractivity contribution in [2.75, 3.05) is 0 Å². The van der Waals surface area contributed by atoms with Gasteiger partial charge in [-0.05, 0) is 29.5 Å². The van der Waals surface area contributed by atoms with Crippen LogP contribution in [-0.2, 0) is 17.9 Å². The smallest absolute Gasteiger partial charge is 0.223 e. The zero-order valence-corrected chi connectivity index (χ0v) is 11.6. The Kier molecular flexibility index (Phi) is 3.54. The monoisotopic (exact) mass is 269 g/mol. The van der Waals surface area contributed by atoms with Gasteiger partial charge in [-0.1, -0.05) is 31.2 Å². The van der Waals surface area contributed by atoms with Crippen LogP contribution in [0.1, 0.15) is 24.5 Å². The molecule has 3 rings (SSSR count). The number of rotatable bonds is 5. The van der Waals surface area contributed by atoms with Crippen LogP contribution in [0.25, 0.3) is 0 Å². The first-order valence-corrected chi connectivity index (χ1v) is 7.06. The second-order valence-corrected chi connectivity index (χ2v) is 5.51. The summed E-state index contributed by atoms with van der Waals surface area (Å²) in [4.78, 5) is 11.9. The van der Waals surface area contributed by atoms with Gasteiger partial charge in [0.2, 0.25) is 5.91 Å². The van der Waals surface area contributed by atoms with Gasteiger partial charge in [-0.25, -0.2) is 0 Å². The highest BCUT2D eigenvalue weighted by molar-refractivity contribution is 5.81. The van der Waals surface area contributed by atoms with Crippen molar-refractivity contribution in [1.82, 2.24) is 15.1 Å². The van der Waals surface area contributed by atoms with Gasteiger partial charge in [-0.2, -0.15) is 5.10 Å². The molecule has 104 valence electrons. The second-order valence-electron chi connectivity index (χ2n) is 5.51. The first-order chi connectivity index (χ1) is 9.74. The molecule has 1 N–H and O–H groups in total. The highest BCUT2D eigenvalue weighted by atomic mass is 16.2. The maximum Gasteiger partial charge on any atom is 0.223 e. The van der Waals surface area contributed by atoms with Crippen LogP contribution in [0.3, 0.4) is 0 Å². The quantitative estimate of drug-likeness (QED) is 0.904. The molecule has 4 heteroatoms. The minimum atomic E-state index is 0.186. The Morgan fingerprint density at radius 2 is 2.10 bits per heavy atom. The molecule has 0 radical (unpaired) electrons. The number of carbonyl (C=O) groups is 1. The molecule has 1 heterocycles. The number of amides is 1. The maximum atomic E-state index is 11.9. The van der Waals surface area contributed by atoms with Gasteiger partial charge in [-0.3, -0.25) is 9.48 Å². The van der Waals surface area contributed by atoms with Crippen molar-refractivity contribution < 1.29 is 4.79 Å². The number of nitrogens with zero attached hydrogens (tertiary/aromatic N) is 2. The summed E-state index contributed by atoms with van der Waals surface area (Å²) >= 11 is 0. The Hall–Kier alpha value is -2.10. The molecule has 2 atom stereocenters. The summed E-state index contributed by atoms with van der Waals surface area (Å²) in [5, 5.41) is 7.27. The number of nitrogens with one attached hydrogen (secondary N) is 1. The van der Waals surface area contributed by atoms with E-state index in [0.717, 1.165) is 18.5 Å². The predicted molar refractivity (Wildman–Crippen MR) is 76.9 cm³/mol. The summed E-state index contributed by atoms with van der Waals surface area (Å²) in [7, 11) is 0. The number of carbonyl (C=O) groups excluding carboxylic acids is 1. The second kappa shape index (κ2) is 5.49. The van der Waals surface area contributed by atoms with Gasteiger partial charge in [0.25, 0.3) is 0 Å². The average Bonchev–Trinajstić information content (AvgIpc) is 2.97. The fraction of sp³-hybridized carbons (Fsp3) is 0.375. The molecular weight excluding hydrogens is 250 g/mol. The highest BCUT2D eigenvalue weighted by Gasteiger charge is 2.38. The lowest BCUT2D eigenvalue weighted by molar-refractivity contribution is -0.122. The third-order valence-corrected chi connectivity index (χ3v) is 3.91. The Balaban J connectivity index is 1.65. The molecule has 0 bridgehead atoms. The zero-order valence-electron chi connectivity index (χ0n) is 11.6. The van der Waals surface area contributed by atoms with E-state index in [1.165, 1.54) is 5.56 Å². The summed E-state index contributed by atoms with van der Waals surface area (Å²) in [6.45, 7) is 3.45. The van der Waals surface area contributed by atoms with E-state index in [9.17, 15) is 4.79 Å². The van der Waals surface area contributed by atoms with Crippen LogP contribution in [0, 0.1) is 11.8 Å². The van der Waals surface area contributed by atoms with Crippen molar-refractivity contribution in [2.24, 2.45) is 11.8 Å². The maximum absolute atomic E-state index is 11.9. The van der Waals surface area contributed by atoms with Gasteiger partial charge in [0, 0.05) is 24.9 Å². The molecule has 1 saturated carbocycles. The van der Waals surface area contributed by atoms with E-state index in [0.29, 0.717) is 12.5 Å². The van der Waals surface area contributed by atoms with E-state index in [4.69, 9.17) is 0 Å². The number of aromatic nitrogens is 2. The van der Waals surface area contributed by atoms with E-state index in [1.54, 1.807) is 6.20 Å². The zero-order chi connectivity index (χ0) is 13.9. The van der Waals surface area contributed by atoms with Crippen LogP contribution < -0.4 is 5.32 Å². The Morgan fingerprint density at radius 1 is 1.35 bits per heavy atom. The number of hydrogen-bond acceptors (Lipinski definition) is 2. The topological polar surface area (TPSA) is 46.9 Å². The fourth-order valence-electron chi connectivity index (χ4n) is 2.45. The molecule has 1 fully saturated rings. The molecule has 0 spiro atoms. The minimum absolute atomic E-state index is 0.186. The Bertz CT molecular complexity index is 592. The molecule has 2 aromatic rings. The van der Waals surface area contributed by atoms with Gasteiger partial charge in [-0.15, -0.1) is 0 Å². The third kappa shape index (κ3) is 2.90. The molecular formula is C16H19N3O. The lowest BCUT2D eigenvalue weighted by Gasteiger charge is -2.11. The molecule has 0 unspecified atom stereocenters. The molecule has 4 nitrogen and oxygen atoms in total. The summed E-state index contributed by atoms with van der Waals surface area (Å²) < 4.78 is 1.89. The van der Waals surface area contributed by atoms with Crippen molar-refractivity contribution in [3.63, 3.8) is 0 Å². The Morgan fingerprint density at radius 3 is 2.75 bits per heavy atom. The standard InChI is InChI=1S/C16H19N3O/c1-12-9-15(12)16(20)17-10-13-5-2-3-6-14(13)11-19-8-4-7-18-19/h2-8,12,15H,9-11H2,1H3,(H,17,20)/t12-,15-/m1/s1. The minimum Gasteiger partial charge on any atom is -0.352 e. The van der Waals surface area contributed by atoms with E-state index in [-0.39, 0.29) is 11.8 Å². The largest absolute Gasteiger partial charge is 0.352 e. The molecule has 0 saturated heterocycles. The molecule has 1 amide bonds. The van der Waals surface area contributed by atoms with E-state index in [2.05, 4.69) is 29.5 Å². The SMILES string of the molecule is C[C@@H]1C[C@H]1C(=O)NCc1ccccc1Cn1cccn1. The van der Waals surface area contributed by atoms with Crippen LogP contribution in [0.5, 0.6) is 0 Å². The molecule has 20 heavy (non-hydrogen) atoms. The van der Waals surface area contributed by atoms with Gasteiger partial charge in [0.15, 0.2) is 0 Å². The summed E-state index contributed by atoms with van der Waals surface area (Å²) in [6, 6.07) is 10.1. The van der Waals surface area contributed by atoms with Crippen LogP contribution in [-0.4, -0.2) is 15.7 Å². The Labute approximate surface area is 118 Å². The first kappa shape index (κ1) is 12.9. The van der Waals surface area contributed by atoms with E-state index >= 15 is 0 Å². The summed E-state index contributed by atoms with van der Waals surface area (Å²) in [5.74, 6) is 0.967. The van der Waals surface area contributed by atoms with Crippen molar-refractivity contribution >= 4 is 5.91 Å². The summed E-state index contributed by atoms with van der Waals surface area (Å²) in [5.41, 5.74) is 2.35. The number of hydrogen-bond donors (Lipinski definition) is 1.